The van der Waals surface area contributed by atoms with Crippen LogP contribution in [0, 0.1) is 11.3 Å². The Morgan fingerprint density at radius 3 is 2.06 bits per heavy atom. The molecule has 1 rings (SSSR count). The van der Waals surface area contributed by atoms with Gasteiger partial charge in [-0.25, -0.2) is 0 Å². The maximum absolute atomic E-state index is 11.4. The van der Waals surface area contributed by atoms with Crippen molar-refractivity contribution in [1.82, 2.24) is 0 Å². The molecule has 0 heterocycles. The second kappa shape index (κ2) is 5.29. The average Bonchev–Trinajstić information content (AvgIpc) is 2.26. The Hall–Kier alpha value is -1.39. The molecular formula is C12H18O5. The van der Waals surface area contributed by atoms with Crippen molar-refractivity contribution in [3.63, 3.8) is 0 Å². The van der Waals surface area contributed by atoms with Gasteiger partial charge in [0, 0.05) is 12.8 Å². The van der Waals surface area contributed by atoms with Gasteiger partial charge in [-0.2, -0.15) is 0 Å². The van der Waals surface area contributed by atoms with Crippen LogP contribution in [0.1, 0.15) is 32.6 Å². The largest absolute Gasteiger partial charge is 0.468 e. The van der Waals surface area contributed by atoms with Crippen LogP contribution in [-0.2, 0) is 23.9 Å². The maximum Gasteiger partial charge on any atom is 0.320 e. The summed E-state index contributed by atoms with van der Waals surface area (Å²) in [6, 6.07) is 0. The molecule has 96 valence electrons. The molecule has 0 unspecified atom stereocenters. The molecule has 0 aromatic heterocycles. The van der Waals surface area contributed by atoms with Gasteiger partial charge >= 0.3 is 11.9 Å². The van der Waals surface area contributed by atoms with Gasteiger partial charge in [-0.05, 0) is 18.3 Å². The van der Waals surface area contributed by atoms with Crippen molar-refractivity contribution in [3.8, 4) is 0 Å². The zero-order valence-corrected chi connectivity index (χ0v) is 10.4. The van der Waals surface area contributed by atoms with Crippen LogP contribution in [0.2, 0.25) is 0 Å². The number of hydrogen-bond donors (Lipinski definition) is 0. The first kappa shape index (κ1) is 13.7. The Bertz CT molecular complexity index is 310. The fourth-order valence-electron chi connectivity index (χ4n) is 2.19. The van der Waals surface area contributed by atoms with Gasteiger partial charge in [0.1, 0.15) is 5.78 Å². The summed E-state index contributed by atoms with van der Waals surface area (Å²) < 4.78 is 9.13. The lowest BCUT2D eigenvalue weighted by Crippen LogP contribution is -2.36. The van der Waals surface area contributed by atoms with Gasteiger partial charge in [-0.3, -0.25) is 14.4 Å². The quantitative estimate of drug-likeness (QED) is 0.533. The van der Waals surface area contributed by atoms with E-state index in [-0.39, 0.29) is 11.2 Å². The minimum Gasteiger partial charge on any atom is -0.468 e. The van der Waals surface area contributed by atoms with Gasteiger partial charge in [0.15, 0.2) is 5.92 Å². The number of Topliss-reactive ketones (excluding diaryl/α,β-unsaturated/α-hetero) is 1. The molecule has 0 saturated heterocycles. The van der Waals surface area contributed by atoms with Crippen molar-refractivity contribution >= 4 is 17.7 Å². The van der Waals surface area contributed by atoms with Crippen LogP contribution in [-0.4, -0.2) is 31.9 Å². The lowest BCUT2D eigenvalue weighted by Gasteiger charge is -2.37. The summed E-state index contributed by atoms with van der Waals surface area (Å²) >= 11 is 0. The summed E-state index contributed by atoms with van der Waals surface area (Å²) in [4.78, 5) is 33.8. The minimum absolute atomic E-state index is 0.0720. The maximum atomic E-state index is 11.4. The van der Waals surface area contributed by atoms with Crippen molar-refractivity contribution in [2.75, 3.05) is 14.2 Å². The number of hydrogen-bond acceptors (Lipinski definition) is 5. The van der Waals surface area contributed by atoms with E-state index in [1.54, 1.807) is 0 Å². The van der Waals surface area contributed by atoms with Gasteiger partial charge in [0.25, 0.3) is 0 Å². The highest BCUT2D eigenvalue weighted by Gasteiger charge is 2.40. The van der Waals surface area contributed by atoms with Crippen molar-refractivity contribution in [3.05, 3.63) is 0 Å². The Kier molecular flexibility index (Phi) is 4.26. The molecule has 0 spiro atoms. The number of ether oxygens (including phenoxy) is 2. The number of carbonyl (C=O) groups excluding carboxylic acids is 3. The highest BCUT2D eigenvalue weighted by Crippen LogP contribution is 2.42. The summed E-state index contributed by atoms with van der Waals surface area (Å²) in [5.74, 6) is -1.80. The topological polar surface area (TPSA) is 69.7 Å². The molecule has 0 aliphatic heterocycles. The van der Waals surface area contributed by atoms with Crippen LogP contribution < -0.4 is 0 Å². The molecular weight excluding hydrogens is 224 g/mol. The second-order valence-electron chi connectivity index (χ2n) is 4.84. The van der Waals surface area contributed by atoms with Crippen LogP contribution in [0.25, 0.3) is 0 Å². The van der Waals surface area contributed by atoms with Crippen molar-refractivity contribution in [2.24, 2.45) is 11.3 Å². The van der Waals surface area contributed by atoms with Crippen LogP contribution in [0.5, 0.6) is 0 Å². The Labute approximate surface area is 100 Å². The predicted octanol–water partition coefficient (Wildman–Crippen LogP) is 1.10. The van der Waals surface area contributed by atoms with E-state index >= 15 is 0 Å². The number of ketones is 1. The third-order valence-electron chi connectivity index (χ3n) is 3.26. The van der Waals surface area contributed by atoms with Gasteiger partial charge in [0.05, 0.1) is 14.2 Å². The van der Waals surface area contributed by atoms with Gasteiger partial charge in [-0.1, -0.05) is 6.92 Å². The molecule has 17 heavy (non-hydrogen) atoms. The number of methoxy groups -OCH3 is 2. The van der Waals surface area contributed by atoms with E-state index in [0.717, 1.165) is 0 Å². The Balaban J connectivity index is 2.52. The third-order valence-corrected chi connectivity index (χ3v) is 3.26. The zero-order chi connectivity index (χ0) is 13.1. The smallest absolute Gasteiger partial charge is 0.320 e. The molecule has 0 aromatic rings. The van der Waals surface area contributed by atoms with Crippen LogP contribution in [0.3, 0.4) is 0 Å². The highest BCUT2D eigenvalue weighted by atomic mass is 16.5. The van der Waals surface area contributed by atoms with E-state index in [2.05, 4.69) is 9.47 Å². The minimum atomic E-state index is -0.877. The first-order chi connectivity index (χ1) is 7.91. The molecule has 1 saturated carbocycles. The second-order valence-corrected chi connectivity index (χ2v) is 4.84. The molecule has 0 N–H and O–H groups in total. The molecule has 5 nitrogen and oxygen atoms in total. The van der Waals surface area contributed by atoms with E-state index in [4.69, 9.17) is 0 Å². The Morgan fingerprint density at radius 2 is 1.71 bits per heavy atom. The van der Waals surface area contributed by atoms with E-state index < -0.39 is 17.9 Å². The fourth-order valence-corrected chi connectivity index (χ4v) is 2.19. The van der Waals surface area contributed by atoms with Crippen LogP contribution >= 0.6 is 0 Å². The summed E-state index contributed by atoms with van der Waals surface area (Å²) in [6.45, 7) is 1.99. The van der Waals surface area contributed by atoms with Gasteiger partial charge in [0.2, 0.25) is 0 Å². The predicted molar refractivity (Wildman–Crippen MR) is 59.1 cm³/mol. The van der Waals surface area contributed by atoms with Crippen LogP contribution in [0.15, 0.2) is 0 Å². The number of rotatable bonds is 5. The normalized spacial score (nSPS) is 17.5. The standard InChI is InChI=1S/C12H18O5/c1-12(6-8(13)7-12)5-4-9(10(14)16-2)11(15)17-3/h9H,4-7H2,1-3H3. The van der Waals surface area contributed by atoms with Gasteiger partial charge < -0.3 is 9.47 Å². The summed E-state index contributed by atoms with van der Waals surface area (Å²) in [5.41, 5.74) is -0.0720. The van der Waals surface area contributed by atoms with E-state index in [1.807, 2.05) is 6.92 Å². The van der Waals surface area contributed by atoms with E-state index in [1.165, 1.54) is 14.2 Å². The number of carbonyl (C=O) groups is 3. The zero-order valence-electron chi connectivity index (χ0n) is 10.4. The van der Waals surface area contributed by atoms with E-state index in [9.17, 15) is 14.4 Å². The summed E-state index contributed by atoms with van der Waals surface area (Å²) in [5, 5.41) is 0. The average molecular weight is 242 g/mol. The van der Waals surface area contributed by atoms with E-state index in [0.29, 0.717) is 25.7 Å². The SMILES string of the molecule is COC(=O)C(CCC1(C)CC(=O)C1)C(=O)OC. The molecule has 1 aliphatic carbocycles. The molecule has 5 heteroatoms. The summed E-state index contributed by atoms with van der Waals surface area (Å²) in [7, 11) is 2.49. The van der Waals surface area contributed by atoms with Crippen molar-refractivity contribution in [2.45, 2.75) is 32.6 Å². The fraction of sp³-hybridized carbons (Fsp3) is 0.750. The highest BCUT2D eigenvalue weighted by molar-refractivity contribution is 5.94. The van der Waals surface area contributed by atoms with Crippen molar-refractivity contribution < 1.29 is 23.9 Å². The monoisotopic (exact) mass is 242 g/mol. The van der Waals surface area contributed by atoms with Crippen LogP contribution in [0.4, 0.5) is 0 Å². The lowest BCUT2D eigenvalue weighted by atomic mass is 9.66. The molecule has 0 atom stereocenters. The van der Waals surface area contributed by atoms with Crippen molar-refractivity contribution in [1.29, 1.82) is 0 Å². The molecule has 0 amide bonds. The molecule has 0 radical (unpaired) electrons. The third kappa shape index (κ3) is 3.28. The first-order valence-electron chi connectivity index (χ1n) is 5.59. The molecule has 0 aromatic carbocycles. The summed E-state index contributed by atoms with van der Waals surface area (Å²) in [6.07, 6.45) is 2.07. The first-order valence-corrected chi connectivity index (χ1v) is 5.59. The molecule has 1 fully saturated rings. The molecule has 1 aliphatic rings. The molecule has 0 bridgehead atoms. The Morgan fingerprint density at radius 1 is 1.24 bits per heavy atom. The lowest BCUT2D eigenvalue weighted by molar-refractivity contribution is -0.159. The number of esters is 2. The van der Waals surface area contributed by atoms with Gasteiger partial charge in [-0.15, -0.1) is 0 Å².